The summed E-state index contributed by atoms with van der Waals surface area (Å²) >= 11 is 0. The van der Waals surface area contributed by atoms with E-state index < -0.39 is 0 Å². The molecule has 220 valence electrons. The third-order valence-electron chi connectivity index (χ3n) is 8.53. The summed E-state index contributed by atoms with van der Waals surface area (Å²) < 4.78 is 0. The third kappa shape index (κ3) is 20.0. The van der Waals surface area contributed by atoms with E-state index in [2.05, 4.69) is 43.0 Å². The van der Waals surface area contributed by atoms with Gasteiger partial charge < -0.3 is 9.80 Å². The Bertz CT molecular complexity index is 474. The van der Waals surface area contributed by atoms with Gasteiger partial charge in [-0.25, -0.2) is 0 Å². The van der Waals surface area contributed by atoms with Gasteiger partial charge in [0.15, 0.2) is 0 Å². The summed E-state index contributed by atoms with van der Waals surface area (Å²) in [4.78, 5) is 5.29. The molecule has 0 saturated carbocycles. The van der Waals surface area contributed by atoms with Gasteiger partial charge in [0.05, 0.1) is 0 Å². The zero-order chi connectivity index (χ0) is 26.7. The van der Waals surface area contributed by atoms with E-state index in [0.29, 0.717) is 6.17 Å². The van der Waals surface area contributed by atoms with Crippen molar-refractivity contribution in [2.45, 2.75) is 200 Å². The van der Waals surface area contributed by atoms with E-state index in [1.807, 2.05) is 0 Å². The molecule has 0 spiro atoms. The number of nitrogens with zero attached hydrogens (tertiary/aromatic N) is 2. The van der Waals surface area contributed by atoms with Gasteiger partial charge in [-0.15, -0.1) is 0 Å². The zero-order valence-electron chi connectivity index (χ0n) is 26.1. The Morgan fingerprint density at radius 3 is 1.05 bits per heavy atom. The van der Waals surface area contributed by atoms with Crippen molar-refractivity contribution in [3.63, 3.8) is 0 Å². The molecule has 37 heavy (non-hydrogen) atoms. The zero-order valence-corrected chi connectivity index (χ0v) is 26.1. The van der Waals surface area contributed by atoms with E-state index in [-0.39, 0.29) is 0 Å². The van der Waals surface area contributed by atoms with Crippen molar-refractivity contribution in [1.29, 1.82) is 0 Å². The Morgan fingerprint density at radius 2 is 0.676 bits per heavy atom. The molecule has 0 aromatic rings. The molecule has 0 saturated heterocycles. The van der Waals surface area contributed by atoms with Crippen molar-refractivity contribution in [2.24, 2.45) is 0 Å². The highest BCUT2D eigenvalue weighted by molar-refractivity contribution is 4.96. The van der Waals surface area contributed by atoms with Gasteiger partial charge in [-0.05, 0) is 25.7 Å². The largest absolute Gasteiger partial charge is 0.356 e. The first-order chi connectivity index (χ1) is 18.3. The second-order valence-electron chi connectivity index (χ2n) is 12.2. The summed E-state index contributed by atoms with van der Waals surface area (Å²) in [6.07, 6.45) is 44.1. The van der Waals surface area contributed by atoms with Crippen LogP contribution < -0.4 is 0 Å². The third-order valence-corrected chi connectivity index (χ3v) is 8.53. The van der Waals surface area contributed by atoms with E-state index in [9.17, 15) is 0 Å². The van der Waals surface area contributed by atoms with Crippen molar-refractivity contribution < 1.29 is 0 Å². The molecular formula is C35H70N2. The molecule has 0 radical (unpaired) electrons. The number of hydrogen-bond acceptors (Lipinski definition) is 2. The van der Waals surface area contributed by atoms with E-state index in [1.54, 1.807) is 0 Å². The van der Waals surface area contributed by atoms with E-state index in [1.165, 1.54) is 186 Å². The molecule has 1 atom stereocenters. The van der Waals surface area contributed by atoms with Crippen LogP contribution in [-0.4, -0.2) is 29.1 Å². The summed E-state index contributed by atoms with van der Waals surface area (Å²) in [6.45, 7) is 9.41. The van der Waals surface area contributed by atoms with Crippen molar-refractivity contribution in [3.05, 3.63) is 12.4 Å². The first kappa shape index (κ1) is 34.4. The molecule has 0 aromatic heterocycles. The molecule has 0 fully saturated rings. The van der Waals surface area contributed by atoms with Crippen LogP contribution in [0.25, 0.3) is 0 Å². The fourth-order valence-electron chi connectivity index (χ4n) is 6.08. The van der Waals surface area contributed by atoms with Crippen LogP contribution in [0.15, 0.2) is 12.4 Å². The highest BCUT2D eigenvalue weighted by Crippen LogP contribution is 2.23. The summed E-state index contributed by atoms with van der Waals surface area (Å²) in [5.74, 6) is 0. The Balaban J connectivity index is 1.99. The number of unbranched alkanes of at least 4 members (excludes halogenated alkanes) is 23. The van der Waals surface area contributed by atoms with Crippen molar-refractivity contribution >= 4 is 0 Å². The Hall–Kier alpha value is -0.660. The molecule has 2 nitrogen and oxygen atoms in total. The maximum Gasteiger partial charge on any atom is 0.101 e. The lowest BCUT2D eigenvalue weighted by Gasteiger charge is -2.33. The standard InChI is InChI=1S/C35H70N2/c1-4-7-9-11-13-15-16-17-18-19-20-21-22-24-26-28-30-35-36(31-6-3)33-34-37(35)32-29-27-25-23-14-12-10-8-5-2/h33-35H,4-32H2,1-3H3. The van der Waals surface area contributed by atoms with Crippen molar-refractivity contribution in [3.8, 4) is 0 Å². The molecular weight excluding hydrogens is 448 g/mol. The molecule has 1 aliphatic rings. The smallest absolute Gasteiger partial charge is 0.101 e. The Kier molecular flexibility index (Phi) is 25.0. The molecule has 0 bridgehead atoms. The molecule has 0 N–H and O–H groups in total. The van der Waals surface area contributed by atoms with Gasteiger partial charge in [-0.1, -0.05) is 168 Å². The van der Waals surface area contributed by atoms with Crippen molar-refractivity contribution in [2.75, 3.05) is 13.1 Å². The summed E-state index contributed by atoms with van der Waals surface area (Å²) in [5.41, 5.74) is 0. The lowest BCUT2D eigenvalue weighted by Crippen LogP contribution is -2.39. The first-order valence-electron chi connectivity index (χ1n) is 17.5. The first-order valence-corrected chi connectivity index (χ1v) is 17.5. The predicted molar refractivity (Wildman–Crippen MR) is 168 cm³/mol. The second kappa shape index (κ2) is 26.9. The molecule has 0 amide bonds. The minimum atomic E-state index is 0.639. The molecule has 2 heteroatoms. The van der Waals surface area contributed by atoms with Gasteiger partial charge in [-0.2, -0.15) is 0 Å². The fourth-order valence-corrected chi connectivity index (χ4v) is 6.08. The van der Waals surface area contributed by atoms with Crippen LogP contribution in [0.1, 0.15) is 194 Å². The molecule has 1 aliphatic heterocycles. The quantitative estimate of drug-likeness (QED) is 0.0908. The molecule has 1 rings (SSSR count). The molecule has 0 aliphatic carbocycles. The average molecular weight is 519 g/mol. The topological polar surface area (TPSA) is 6.48 Å². The highest BCUT2D eigenvalue weighted by atomic mass is 15.4. The molecule has 1 heterocycles. The molecule has 1 unspecified atom stereocenters. The number of rotatable bonds is 29. The van der Waals surface area contributed by atoms with Gasteiger partial charge in [0.1, 0.15) is 6.17 Å². The summed E-state index contributed by atoms with van der Waals surface area (Å²) in [5, 5.41) is 0. The Morgan fingerprint density at radius 1 is 0.351 bits per heavy atom. The van der Waals surface area contributed by atoms with Crippen LogP contribution in [0.2, 0.25) is 0 Å². The maximum atomic E-state index is 2.67. The molecule has 0 aromatic carbocycles. The van der Waals surface area contributed by atoms with Crippen LogP contribution in [0.3, 0.4) is 0 Å². The van der Waals surface area contributed by atoms with Gasteiger partial charge in [-0.3, -0.25) is 0 Å². The Labute approximate surface area is 235 Å². The monoisotopic (exact) mass is 519 g/mol. The second-order valence-corrected chi connectivity index (χ2v) is 12.2. The van der Waals surface area contributed by atoms with Crippen LogP contribution in [0.5, 0.6) is 0 Å². The SMILES string of the molecule is CCCCCCCCCCCCCCCCCCC1N(CCC)C=CN1CCCCCCCCCCC. The van der Waals surface area contributed by atoms with Crippen LogP contribution in [0, 0.1) is 0 Å². The fraction of sp³-hybridized carbons (Fsp3) is 0.943. The van der Waals surface area contributed by atoms with Crippen LogP contribution in [0.4, 0.5) is 0 Å². The maximum absolute atomic E-state index is 2.67. The minimum Gasteiger partial charge on any atom is -0.356 e. The van der Waals surface area contributed by atoms with Gasteiger partial charge in [0, 0.05) is 25.5 Å². The number of hydrogen-bond donors (Lipinski definition) is 0. The van der Waals surface area contributed by atoms with Crippen molar-refractivity contribution in [1.82, 2.24) is 9.80 Å². The van der Waals surface area contributed by atoms with E-state index in [4.69, 9.17) is 0 Å². The van der Waals surface area contributed by atoms with E-state index >= 15 is 0 Å². The van der Waals surface area contributed by atoms with Gasteiger partial charge >= 0.3 is 0 Å². The lowest BCUT2D eigenvalue weighted by atomic mass is 10.0. The normalized spacial score (nSPS) is 15.4. The van der Waals surface area contributed by atoms with E-state index in [0.717, 1.165) is 0 Å². The average Bonchev–Trinajstić information content (AvgIpc) is 3.28. The van der Waals surface area contributed by atoms with Gasteiger partial charge in [0.2, 0.25) is 0 Å². The van der Waals surface area contributed by atoms with Crippen LogP contribution in [-0.2, 0) is 0 Å². The minimum absolute atomic E-state index is 0.639. The van der Waals surface area contributed by atoms with Gasteiger partial charge in [0.25, 0.3) is 0 Å². The van der Waals surface area contributed by atoms with Crippen LogP contribution >= 0.6 is 0 Å². The predicted octanol–water partition coefficient (Wildman–Crippen LogP) is 12.0. The highest BCUT2D eigenvalue weighted by Gasteiger charge is 2.24. The lowest BCUT2D eigenvalue weighted by molar-refractivity contribution is 0.137. The summed E-state index contributed by atoms with van der Waals surface area (Å²) in [6, 6.07) is 0. The summed E-state index contributed by atoms with van der Waals surface area (Å²) in [7, 11) is 0.